The van der Waals surface area contributed by atoms with Gasteiger partial charge < -0.3 is 5.32 Å². The van der Waals surface area contributed by atoms with E-state index in [1.54, 1.807) is 0 Å². The van der Waals surface area contributed by atoms with Crippen LogP contribution in [0, 0.1) is 0 Å². The van der Waals surface area contributed by atoms with E-state index in [0.29, 0.717) is 12.1 Å². The van der Waals surface area contributed by atoms with E-state index in [0.717, 1.165) is 0 Å². The Bertz CT molecular complexity index is 281. The standard InChI is InChI=1S/C16H27N/c1-4-10-15(6-3)17-16(11-5-2)14-12-8-7-9-13-14/h7-9,12-13,15-17H,4-6,10-11H2,1-3H3. The maximum atomic E-state index is 3.82. The second-order valence-corrected chi connectivity index (χ2v) is 4.81. The number of benzene rings is 1. The fourth-order valence-electron chi connectivity index (χ4n) is 2.36. The monoisotopic (exact) mass is 233 g/mol. The molecule has 0 amide bonds. The zero-order valence-electron chi connectivity index (χ0n) is 11.6. The van der Waals surface area contributed by atoms with E-state index in [1.807, 2.05) is 0 Å². The van der Waals surface area contributed by atoms with Crippen LogP contribution in [0.3, 0.4) is 0 Å². The first-order valence-corrected chi connectivity index (χ1v) is 7.12. The zero-order chi connectivity index (χ0) is 12.5. The van der Waals surface area contributed by atoms with Crippen molar-refractivity contribution in [3.8, 4) is 0 Å². The Hall–Kier alpha value is -0.820. The lowest BCUT2D eigenvalue weighted by Crippen LogP contribution is -2.32. The first-order chi connectivity index (χ1) is 8.31. The zero-order valence-corrected chi connectivity index (χ0v) is 11.6. The van der Waals surface area contributed by atoms with Crippen LogP contribution in [0.1, 0.15) is 64.5 Å². The summed E-state index contributed by atoms with van der Waals surface area (Å²) in [4.78, 5) is 0. The molecule has 1 rings (SSSR count). The van der Waals surface area contributed by atoms with Gasteiger partial charge in [0.1, 0.15) is 0 Å². The van der Waals surface area contributed by atoms with Gasteiger partial charge >= 0.3 is 0 Å². The SMILES string of the molecule is CCCC(CC)NC(CCC)c1ccccc1. The third kappa shape index (κ3) is 4.91. The fourth-order valence-corrected chi connectivity index (χ4v) is 2.36. The first kappa shape index (κ1) is 14.2. The largest absolute Gasteiger partial charge is 0.307 e. The molecule has 0 aliphatic heterocycles. The Balaban J connectivity index is 2.65. The predicted octanol–water partition coefficient (Wildman–Crippen LogP) is 4.70. The van der Waals surface area contributed by atoms with Crippen molar-refractivity contribution >= 4 is 0 Å². The first-order valence-electron chi connectivity index (χ1n) is 7.12. The molecular weight excluding hydrogens is 206 g/mol. The van der Waals surface area contributed by atoms with Gasteiger partial charge in [-0.2, -0.15) is 0 Å². The summed E-state index contributed by atoms with van der Waals surface area (Å²) in [5, 5.41) is 3.82. The molecule has 2 atom stereocenters. The Morgan fingerprint density at radius 2 is 1.59 bits per heavy atom. The van der Waals surface area contributed by atoms with Gasteiger partial charge in [0.2, 0.25) is 0 Å². The van der Waals surface area contributed by atoms with E-state index in [4.69, 9.17) is 0 Å². The lowest BCUT2D eigenvalue weighted by atomic mass is 9.99. The van der Waals surface area contributed by atoms with Crippen molar-refractivity contribution in [1.82, 2.24) is 5.32 Å². The van der Waals surface area contributed by atoms with E-state index in [-0.39, 0.29) is 0 Å². The molecular formula is C16H27N. The van der Waals surface area contributed by atoms with Gasteiger partial charge in [0.25, 0.3) is 0 Å². The number of rotatable bonds is 8. The molecule has 1 aromatic rings. The molecule has 0 aliphatic rings. The van der Waals surface area contributed by atoms with Crippen molar-refractivity contribution in [3.63, 3.8) is 0 Å². The summed E-state index contributed by atoms with van der Waals surface area (Å²) in [6.45, 7) is 6.81. The minimum Gasteiger partial charge on any atom is -0.307 e. The highest BCUT2D eigenvalue weighted by atomic mass is 14.9. The second kappa shape index (κ2) is 8.30. The Morgan fingerprint density at radius 3 is 2.12 bits per heavy atom. The molecule has 0 radical (unpaired) electrons. The molecule has 1 aromatic carbocycles. The maximum absolute atomic E-state index is 3.82. The lowest BCUT2D eigenvalue weighted by Gasteiger charge is -2.25. The maximum Gasteiger partial charge on any atom is 0.0322 e. The Morgan fingerprint density at radius 1 is 0.941 bits per heavy atom. The minimum absolute atomic E-state index is 0.526. The van der Waals surface area contributed by atoms with E-state index in [9.17, 15) is 0 Å². The molecule has 1 heteroatoms. The van der Waals surface area contributed by atoms with Crippen LogP contribution in [0.4, 0.5) is 0 Å². The van der Waals surface area contributed by atoms with Gasteiger partial charge in [0.15, 0.2) is 0 Å². The third-order valence-corrected chi connectivity index (χ3v) is 3.35. The van der Waals surface area contributed by atoms with Crippen molar-refractivity contribution in [1.29, 1.82) is 0 Å². The van der Waals surface area contributed by atoms with Crippen molar-refractivity contribution in [2.24, 2.45) is 0 Å². The number of hydrogen-bond donors (Lipinski definition) is 1. The van der Waals surface area contributed by atoms with Gasteiger partial charge in [0, 0.05) is 12.1 Å². The van der Waals surface area contributed by atoms with Crippen molar-refractivity contribution < 1.29 is 0 Å². The van der Waals surface area contributed by atoms with E-state index in [1.165, 1.54) is 37.7 Å². The molecule has 96 valence electrons. The van der Waals surface area contributed by atoms with Crippen LogP contribution < -0.4 is 5.32 Å². The van der Waals surface area contributed by atoms with Gasteiger partial charge in [0.05, 0.1) is 0 Å². The number of hydrogen-bond acceptors (Lipinski definition) is 1. The summed E-state index contributed by atoms with van der Waals surface area (Å²) in [6, 6.07) is 12.0. The molecule has 1 N–H and O–H groups in total. The van der Waals surface area contributed by atoms with Gasteiger partial charge in [-0.05, 0) is 24.8 Å². The lowest BCUT2D eigenvalue weighted by molar-refractivity contribution is 0.384. The van der Waals surface area contributed by atoms with Crippen LogP contribution in [0.15, 0.2) is 30.3 Å². The van der Waals surface area contributed by atoms with Crippen molar-refractivity contribution in [2.45, 2.75) is 65.0 Å². The van der Waals surface area contributed by atoms with Gasteiger partial charge in [-0.3, -0.25) is 0 Å². The van der Waals surface area contributed by atoms with Crippen LogP contribution in [0.5, 0.6) is 0 Å². The third-order valence-electron chi connectivity index (χ3n) is 3.35. The highest BCUT2D eigenvalue weighted by Crippen LogP contribution is 2.20. The normalized spacial score (nSPS) is 14.5. The predicted molar refractivity (Wildman–Crippen MR) is 76.2 cm³/mol. The summed E-state index contributed by atoms with van der Waals surface area (Å²) in [5.74, 6) is 0. The summed E-state index contributed by atoms with van der Waals surface area (Å²) < 4.78 is 0. The molecule has 0 saturated carbocycles. The molecule has 0 saturated heterocycles. The quantitative estimate of drug-likeness (QED) is 0.686. The smallest absolute Gasteiger partial charge is 0.0322 e. The molecule has 0 fully saturated rings. The molecule has 1 nitrogen and oxygen atoms in total. The topological polar surface area (TPSA) is 12.0 Å². The van der Waals surface area contributed by atoms with Crippen LogP contribution in [0.2, 0.25) is 0 Å². The molecule has 0 aromatic heterocycles. The average molecular weight is 233 g/mol. The summed E-state index contributed by atoms with van der Waals surface area (Å²) in [5.41, 5.74) is 1.43. The molecule has 0 bridgehead atoms. The van der Waals surface area contributed by atoms with E-state index in [2.05, 4.69) is 56.4 Å². The summed E-state index contributed by atoms with van der Waals surface area (Å²) in [7, 11) is 0. The summed E-state index contributed by atoms with van der Waals surface area (Å²) in [6.07, 6.45) is 6.23. The molecule has 0 spiro atoms. The van der Waals surface area contributed by atoms with Gasteiger partial charge in [-0.1, -0.05) is 63.9 Å². The van der Waals surface area contributed by atoms with Crippen LogP contribution in [-0.4, -0.2) is 6.04 Å². The fraction of sp³-hybridized carbons (Fsp3) is 0.625. The van der Waals surface area contributed by atoms with Crippen molar-refractivity contribution in [3.05, 3.63) is 35.9 Å². The minimum atomic E-state index is 0.526. The highest BCUT2D eigenvalue weighted by Gasteiger charge is 2.14. The molecule has 0 aliphatic carbocycles. The van der Waals surface area contributed by atoms with Gasteiger partial charge in [-0.25, -0.2) is 0 Å². The van der Waals surface area contributed by atoms with E-state index >= 15 is 0 Å². The highest BCUT2D eigenvalue weighted by molar-refractivity contribution is 5.18. The number of nitrogens with one attached hydrogen (secondary N) is 1. The van der Waals surface area contributed by atoms with Crippen LogP contribution in [-0.2, 0) is 0 Å². The average Bonchev–Trinajstić information content (AvgIpc) is 2.38. The van der Waals surface area contributed by atoms with Crippen LogP contribution >= 0.6 is 0 Å². The molecule has 2 unspecified atom stereocenters. The molecule has 17 heavy (non-hydrogen) atoms. The Labute approximate surface area is 107 Å². The Kier molecular flexibility index (Phi) is 6.95. The van der Waals surface area contributed by atoms with Gasteiger partial charge in [-0.15, -0.1) is 0 Å². The van der Waals surface area contributed by atoms with Crippen molar-refractivity contribution in [2.75, 3.05) is 0 Å². The molecule has 0 heterocycles. The van der Waals surface area contributed by atoms with Crippen LogP contribution in [0.25, 0.3) is 0 Å². The van der Waals surface area contributed by atoms with E-state index < -0.39 is 0 Å². The second-order valence-electron chi connectivity index (χ2n) is 4.81. The summed E-state index contributed by atoms with van der Waals surface area (Å²) >= 11 is 0.